The topological polar surface area (TPSA) is 58.2 Å². The van der Waals surface area contributed by atoms with E-state index in [-0.39, 0.29) is 5.54 Å². The standard InChI is InChI=1S/C20H26IN3O2/c21-19-17-13-15(4-5-18(17)22-23-19)12-16(25)14-20(6-2-1-3-7-20)24-8-10-26-11-9-24/h4-5,13H,1-3,6-12,14H2,(H,22,23). The summed E-state index contributed by atoms with van der Waals surface area (Å²) in [6, 6.07) is 6.16. The second-order valence-corrected chi connectivity index (χ2v) is 8.74. The van der Waals surface area contributed by atoms with Crippen LogP contribution in [0.5, 0.6) is 0 Å². The number of carbonyl (C=O) groups is 1. The number of benzene rings is 1. The van der Waals surface area contributed by atoms with E-state index in [9.17, 15) is 4.79 Å². The van der Waals surface area contributed by atoms with Crippen LogP contribution in [0.1, 0.15) is 44.1 Å². The molecular formula is C20H26IN3O2. The van der Waals surface area contributed by atoms with Gasteiger partial charge in [-0.1, -0.05) is 25.3 Å². The summed E-state index contributed by atoms with van der Waals surface area (Å²) in [7, 11) is 0. The van der Waals surface area contributed by atoms with Crippen molar-refractivity contribution in [2.75, 3.05) is 26.3 Å². The number of aromatic amines is 1. The van der Waals surface area contributed by atoms with Gasteiger partial charge in [0.1, 0.15) is 9.48 Å². The number of nitrogens with one attached hydrogen (secondary N) is 1. The quantitative estimate of drug-likeness (QED) is 0.682. The molecule has 1 saturated carbocycles. The van der Waals surface area contributed by atoms with Crippen molar-refractivity contribution < 1.29 is 9.53 Å². The molecule has 0 unspecified atom stereocenters. The Morgan fingerprint density at radius 1 is 1.23 bits per heavy atom. The lowest BCUT2D eigenvalue weighted by Gasteiger charge is -2.48. The highest BCUT2D eigenvalue weighted by Gasteiger charge is 2.40. The average Bonchev–Trinajstić information content (AvgIpc) is 3.04. The van der Waals surface area contributed by atoms with Crippen molar-refractivity contribution in [2.24, 2.45) is 0 Å². The molecule has 140 valence electrons. The number of hydrogen-bond acceptors (Lipinski definition) is 4. The number of carbonyl (C=O) groups excluding carboxylic acids is 1. The third kappa shape index (κ3) is 3.82. The Morgan fingerprint density at radius 3 is 2.77 bits per heavy atom. The first-order chi connectivity index (χ1) is 12.7. The van der Waals surface area contributed by atoms with Crippen LogP contribution in [0.2, 0.25) is 0 Å². The molecule has 1 saturated heterocycles. The number of ketones is 1. The third-order valence-electron chi connectivity index (χ3n) is 5.97. The molecule has 1 N–H and O–H groups in total. The van der Waals surface area contributed by atoms with Crippen LogP contribution in [-0.4, -0.2) is 52.7 Å². The molecule has 1 aromatic carbocycles. The Bertz CT molecular complexity index is 776. The molecule has 5 nitrogen and oxygen atoms in total. The lowest BCUT2D eigenvalue weighted by Crippen LogP contribution is -2.55. The van der Waals surface area contributed by atoms with Crippen LogP contribution < -0.4 is 0 Å². The van der Waals surface area contributed by atoms with Gasteiger partial charge < -0.3 is 4.74 Å². The maximum Gasteiger partial charge on any atom is 0.139 e. The van der Waals surface area contributed by atoms with Gasteiger partial charge in [-0.05, 0) is 53.1 Å². The first kappa shape index (κ1) is 18.4. The lowest BCUT2D eigenvalue weighted by molar-refractivity contribution is -0.124. The highest BCUT2D eigenvalue weighted by atomic mass is 127. The van der Waals surface area contributed by atoms with Gasteiger partial charge in [-0.15, -0.1) is 0 Å². The van der Waals surface area contributed by atoms with E-state index in [4.69, 9.17) is 4.74 Å². The number of H-pyrrole nitrogens is 1. The van der Waals surface area contributed by atoms with Gasteiger partial charge in [0.25, 0.3) is 0 Å². The Morgan fingerprint density at radius 2 is 2.00 bits per heavy atom. The smallest absolute Gasteiger partial charge is 0.139 e. The highest BCUT2D eigenvalue weighted by Crippen LogP contribution is 2.37. The van der Waals surface area contributed by atoms with Crippen LogP contribution in [0.15, 0.2) is 18.2 Å². The molecule has 0 amide bonds. The third-order valence-corrected chi connectivity index (χ3v) is 6.79. The van der Waals surface area contributed by atoms with Crippen molar-refractivity contribution in [1.29, 1.82) is 0 Å². The summed E-state index contributed by atoms with van der Waals surface area (Å²) >= 11 is 2.26. The van der Waals surface area contributed by atoms with Gasteiger partial charge in [-0.3, -0.25) is 14.8 Å². The Kier molecular flexibility index (Phi) is 5.61. The molecule has 26 heavy (non-hydrogen) atoms. The van der Waals surface area contributed by atoms with Gasteiger partial charge in [0.05, 0.1) is 18.7 Å². The predicted molar refractivity (Wildman–Crippen MR) is 110 cm³/mol. The fourth-order valence-electron chi connectivity index (χ4n) is 4.65. The fourth-order valence-corrected chi connectivity index (χ4v) is 5.20. The van der Waals surface area contributed by atoms with Gasteiger partial charge in [-0.25, -0.2) is 0 Å². The summed E-state index contributed by atoms with van der Waals surface area (Å²) in [5.74, 6) is 0.358. The second-order valence-electron chi connectivity index (χ2n) is 7.67. The molecule has 2 aliphatic rings. The lowest BCUT2D eigenvalue weighted by atomic mass is 9.76. The fraction of sp³-hybridized carbons (Fsp3) is 0.600. The molecule has 2 heterocycles. The number of morpholine rings is 1. The van der Waals surface area contributed by atoms with Crippen molar-refractivity contribution >= 4 is 39.3 Å². The minimum Gasteiger partial charge on any atom is -0.379 e. The minimum atomic E-state index is 0.0628. The number of rotatable bonds is 5. The van der Waals surface area contributed by atoms with Crippen LogP contribution >= 0.6 is 22.6 Å². The van der Waals surface area contributed by atoms with E-state index < -0.39 is 0 Å². The summed E-state index contributed by atoms with van der Waals surface area (Å²) < 4.78 is 6.58. The molecule has 0 radical (unpaired) electrons. The average molecular weight is 467 g/mol. The van der Waals surface area contributed by atoms with Crippen molar-refractivity contribution in [1.82, 2.24) is 15.1 Å². The van der Waals surface area contributed by atoms with Gasteiger partial charge >= 0.3 is 0 Å². The number of nitrogens with zero attached hydrogens (tertiary/aromatic N) is 2. The summed E-state index contributed by atoms with van der Waals surface area (Å²) in [6.07, 6.45) is 7.27. The van der Waals surface area contributed by atoms with E-state index in [0.29, 0.717) is 18.6 Å². The van der Waals surface area contributed by atoms with E-state index >= 15 is 0 Å². The SMILES string of the molecule is O=C(Cc1ccc2n[nH]c(I)c2c1)CC1(N2CCOCC2)CCCCC1. The Labute approximate surface area is 168 Å². The van der Waals surface area contributed by atoms with Crippen LogP contribution in [0.4, 0.5) is 0 Å². The molecule has 2 aromatic rings. The summed E-state index contributed by atoms with van der Waals surface area (Å²) in [5, 5.41) is 8.38. The second kappa shape index (κ2) is 7.94. The largest absolute Gasteiger partial charge is 0.379 e. The van der Waals surface area contributed by atoms with Gasteiger partial charge in [0.2, 0.25) is 0 Å². The number of aromatic nitrogens is 2. The number of fused-ring (bicyclic) bond motifs is 1. The Hall–Kier alpha value is -0.990. The number of halogens is 1. The maximum atomic E-state index is 13.0. The van der Waals surface area contributed by atoms with Gasteiger partial charge in [-0.2, -0.15) is 5.10 Å². The van der Waals surface area contributed by atoms with E-state index in [1.54, 1.807) is 0 Å². The molecule has 6 heteroatoms. The molecule has 1 aliphatic carbocycles. The first-order valence-electron chi connectivity index (χ1n) is 9.63. The number of Topliss-reactive ketones (excluding diaryl/α,β-unsaturated/α-hetero) is 1. The molecule has 0 bridgehead atoms. The van der Waals surface area contributed by atoms with E-state index in [0.717, 1.165) is 59.3 Å². The molecule has 1 aromatic heterocycles. The number of ether oxygens (including phenoxy) is 1. The van der Waals surface area contributed by atoms with Crippen molar-refractivity contribution in [3.05, 3.63) is 27.5 Å². The molecule has 1 aliphatic heterocycles. The van der Waals surface area contributed by atoms with E-state index in [2.05, 4.69) is 43.8 Å². The monoisotopic (exact) mass is 467 g/mol. The van der Waals surface area contributed by atoms with Crippen LogP contribution in [0.25, 0.3) is 10.9 Å². The Balaban J connectivity index is 1.49. The molecule has 4 rings (SSSR count). The van der Waals surface area contributed by atoms with E-state index in [1.165, 1.54) is 19.3 Å². The predicted octanol–water partition coefficient (Wildman–Crippen LogP) is 3.70. The number of hydrogen-bond donors (Lipinski definition) is 1. The molecular weight excluding hydrogens is 441 g/mol. The van der Waals surface area contributed by atoms with Crippen molar-refractivity contribution in [3.63, 3.8) is 0 Å². The molecule has 0 spiro atoms. The van der Waals surface area contributed by atoms with Crippen molar-refractivity contribution in [2.45, 2.75) is 50.5 Å². The zero-order valence-electron chi connectivity index (χ0n) is 15.1. The summed E-state index contributed by atoms with van der Waals surface area (Å²) in [6.45, 7) is 3.52. The maximum absolute atomic E-state index is 13.0. The normalized spacial score (nSPS) is 21.1. The highest BCUT2D eigenvalue weighted by molar-refractivity contribution is 14.1. The minimum absolute atomic E-state index is 0.0628. The zero-order valence-corrected chi connectivity index (χ0v) is 17.3. The van der Waals surface area contributed by atoms with Crippen LogP contribution in [0, 0.1) is 3.70 Å². The van der Waals surface area contributed by atoms with Crippen LogP contribution in [-0.2, 0) is 16.0 Å². The molecule has 2 fully saturated rings. The van der Waals surface area contributed by atoms with Crippen LogP contribution in [0.3, 0.4) is 0 Å². The van der Waals surface area contributed by atoms with Gasteiger partial charge in [0, 0.05) is 36.9 Å². The van der Waals surface area contributed by atoms with Crippen molar-refractivity contribution in [3.8, 4) is 0 Å². The van der Waals surface area contributed by atoms with E-state index in [1.807, 2.05) is 12.1 Å². The molecule has 0 atom stereocenters. The van der Waals surface area contributed by atoms with Gasteiger partial charge in [0.15, 0.2) is 0 Å². The summed E-state index contributed by atoms with van der Waals surface area (Å²) in [4.78, 5) is 15.6. The zero-order chi connectivity index (χ0) is 18.0. The first-order valence-corrected chi connectivity index (χ1v) is 10.7. The summed E-state index contributed by atoms with van der Waals surface area (Å²) in [5.41, 5.74) is 2.12.